The maximum atomic E-state index is 14.3. The lowest BCUT2D eigenvalue weighted by atomic mass is 9.69. The van der Waals surface area contributed by atoms with E-state index in [-0.39, 0.29) is 29.2 Å². The average molecular weight is 570 g/mol. The van der Waals surface area contributed by atoms with Crippen molar-refractivity contribution in [2.45, 2.75) is 57.0 Å². The Kier molecular flexibility index (Phi) is 8.23. The largest absolute Gasteiger partial charge is 0.489 e. The molecule has 0 radical (unpaired) electrons. The van der Waals surface area contributed by atoms with Crippen LogP contribution in [0.2, 0.25) is 10.0 Å². The molecule has 0 bridgehead atoms. The van der Waals surface area contributed by atoms with Gasteiger partial charge >= 0.3 is 0 Å². The summed E-state index contributed by atoms with van der Waals surface area (Å²) in [6.07, 6.45) is 3.28. The van der Waals surface area contributed by atoms with Gasteiger partial charge in [-0.3, -0.25) is 4.79 Å². The number of aryl methyl sites for hydroxylation is 2. The lowest BCUT2D eigenvalue weighted by Gasteiger charge is -2.39. The molecule has 2 heterocycles. The number of carbonyl (C=O) groups is 1. The van der Waals surface area contributed by atoms with Crippen LogP contribution >= 0.6 is 23.2 Å². The van der Waals surface area contributed by atoms with Crippen LogP contribution in [0, 0.1) is 19.7 Å². The van der Waals surface area contributed by atoms with Crippen LogP contribution < -0.4 is 10.1 Å². The van der Waals surface area contributed by atoms with Crippen LogP contribution in [0.1, 0.15) is 64.2 Å². The number of rotatable bonds is 7. The summed E-state index contributed by atoms with van der Waals surface area (Å²) < 4.78 is 20.8. The monoisotopic (exact) mass is 568 g/mol. The first kappa shape index (κ1) is 27.9. The molecule has 206 valence electrons. The molecular weight excluding hydrogens is 534 g/mol. The molecule has 0 aliphatic carbocycles. The first-order chi connectivity index (χ1) is 18.7. The highest BCUT2D eigenvalue weighted by atomic mass is 35.5. The number of likely N-dealkylation sites (N-methyl/N-ethyl adjacent to an activating group) is 1. The zero-order chi connectivity index (χ0) is 27.7. The molecule has 1 amide bonds. The van der Waals surface area contributed by atoms with Crippen molar-refractivity contribution in [1.82, 2.24) is 10.2 Å². The number of hydrogen-bond donors (Lipinski definition) is 1. The Morgan fingerprint density at radius 2 is 1.77 bits per heavy atom. The number of hydrogen-bond acceptors (Lipinski definition) is 3. The lowest BCUT2D eigenvalue weighted by Crippen LogP contribution is -2.47. The number of piperidine rings is 1. The zero-order valence-electron chi connectivity index (χ0n) is 22.7. The summed E-state index contributed by atoms with van der Waals surface area (Å²) in [5.41, 5.74) is 4.62. The van der Waals surface area contributed by atoms with Gasteiger partial charge in [-0.05, 0) is 101 Å². The fraction of sp³-hybridized carbons (Fsp3) is 0.406. The second-order valence-electron chi connectivity index (χ2n) is 11.2. The van der Waals surface area contributed by atoms with Crippen LogP contribution in [-0.4, -0.2) is 43.6 Å². The minimum absolute atomic E-state index is 0.0123. The summed E-state index contributed by atoms with van der Waals surface area (Å²) in [5.74, 6) is 0.566. The molecule has 7 heteroatoms. The average Bonchev–Trinajstić information content (AvgIpc) is 3.19. The Morgan fingerprint density at radius 1 is 1.05 bits per heavy atom. The summed E-state index contributed by atoms with van der Waals surface area (Å²) in [7, 11) is 1.85. The highest BCUT2D eigenvalue weighted by Crippen LogP contribution is 2.50. The van der Waals surface area contributed by atoms with Gasteiger partial charge in [0, 0.05) is 36.1 Å². The standard InChI is InChI=1S/C32H35Cl2FN2O2/c1-20-14-21(2)16-24(15-20)31(38)37(3)19-23(22-4-7-27(33)28(34)17-22)5-9-30-32(10-12-36-13-11-32)26-18-25(35)6-8-29(26)39-30/h4,6-8,14-18,23,30,36H,5,9-13,19H2,1-3H3/t23-,30?/m1/s1. The van der Waals surface area contributed by atoms with Gasteiger partial charge in [0.25, 0.3) is 5.91 Å². The van der Waals surface area contributed by atoms with Crippen LogP contribution in [0.15, 0.2) is 54.6 Å². The maximum Gasteiger partial charge on any atom is 0.253 e. The van der Waals surface area contributed by atoms with E-state index in [0.29, 0.717) is 22.2 Å². The molecular formula is C32H35Cl2FN2O2. The Bertz CT molecular complexity index is 1350. The number of fused-ring (bicyclic) bond motifs is 2. The summed E-state index contributed by atoms with van der Waals surface area (Å²) in [5, 5.41) is 4.45. The van der Waals surface area contributed by atoms with Crippen molar-refractivity contribution in [3.8, 4) is 5.75 Å². The van der Waals surface area contributed by atoms with Gasteiger partial charge in [0.2, 0.25) is 0 Å². The minimum atomic E-state index is -0.226. The molecule has 2 aliphatic rings. The van der Waals surface area contributed by atoms with Crippen molar-refractivity contribution in [3.63, 3.8) is 0 Å². The number of carbonyl (C=O) groups excluding carboxylic acids is 1. The third-order valence-corrected chi connectivity index (χ3v) is 9.10. The number of halogens is 3. The van der Waals surface area contributed by atoms with E-state index in [1.165, 1.54) is 6.07 Å². The highest BCUT2D eigenvalue weighted by molar-refractivity contribution is 6.42. The van der Waals surface area contributed by atoms with Crippen molar-refractivity contribution < 1.29 is 13.9 Å². The molecule has 4 nitrogen and oxygen atoms in total. The van der Waals surface area contributed by atoms with E-state index in [2.05, 4.69) is 11.4 Å². The summed E-state index contributed by atoms with van der Waals surface area (Å²) in [6, 6.07) is 16.6. The van der Waals surface area contributed by atoms with Gasteiger partial charge in [-0.25, -0.2) is 4.39 Å². The molecule has 39 heavy (non-hydrogen) atoms. The molecule has 1 unspecified atom stereocenters. The second kappa shape index (κ2) is 11.5. The molecule has 2 aliphatic heterocycles. The topological polar surface area (TPSA) is 41.6 Å². The Morgan fingerprint density at radius 3 is 2.46 bits per heavy atom. The summed E-state index contributed by atoms with van der Waals surface area (Å²) in [6.45, 7) is 6.28. The molecule has 5 rings (SSSR count). The van der Waals surface area contributed by atoms with Crippen LogP contribution in [0.25, 0.3) is 0 Å². The molecule has 1 fully saturated rings. The minimum Gasteiger partial charge on any atom is -0.489 e. The molecule has 0 aromatic heterocycles. The van der Waals surface area contributed by atoms with Crippen molar-refractivity contribution in [2.75, 3.05) is 26.7 Å². The summed E-state index contributed by atoms with van der Waals surface area (Å²) in [4.78, 5) is 15.2. The second-order valence-corrected chi connectivity index (χ2v) is 12.0. The van der Waals surface area contributed by atoms with Crippen LogP contribution in [-0.2, 0) is 5.41 Å². The van der Waals surface area contributed by atoms with Gasteiger partial charge in [-0.1, -0.05) is 46.5 Å². The van der Waals surface area contributed by atoms with Gasteiger partial charge in [0.1, 0.15) is 17.7 Å². The molecule has 3 aromatic carbocycles. The smallest absolute Gasteiger partial charge is 0.253 e. The van der Waals surface area contributed by atoms with E-state index in [1.807, 2.05) is 51.2 Å². The highest BCUT2D eigenvalue weighted by Gasteiger charge is 2.49. The number of amides is 1. The van der Waals surface area contributed by atoms with Crippen LogP contribution in [0.5, 0.6) is 5.75 Å². The van der Waals surface area contributed by atoms with E-state index in [9.17, 15) is 9.18 Å². The van der Waals surface area contributed by atoms with E-state index in [4.69, 9.17) is 27.9 Å². The molecule has 2 atom stereocenters. The predicted molar refractivity (Wildman–Crippen MR) is 156 cm³/mol. The fourth-order valence-corrected chi connectivity index (χ4v) is 6.75. The maximum absolute atomic E-state index is 14.3. The van der Waals surface area contributed by atoms with Crippen molar-refractivity contribution in [3.05, 3.63) is 98.3 Å². The lowest BCUT2D eigenvalue weighted by molar-refractivity contribution is 0.0773. The number of nitrogens with one attached hydrogen (secondary N) is 1. The SMILES string of the molecule is Cc1cc(C)cc(C(=O)N(C)C[C@@H](CCC2Oc3ccc(F)cc3C23CCNCC3)c2ccc(Cl)c(Cl)c2)c1. The van der Waals surface area contributed by atoms with Crippen molar-refractivity contribution in [2.24, 2.45) is 0 Å². The van der Waals surface area contributed by atoms with Crippen LogP contribution in [0.4, 0.5) is 4.39 Å². The van der Waals surface area contributed by atoms with Gasteiger partial charge < -0.3 is 15.0 Å². The molecule has 1 N–H and O–H groups in total. The van der Waals surface area contributed by atoms with E-state index in [0.717, 1.165) is 66.8 Å². The van der Waals surface area contributed by atoms with Crippen LogP contribution in [0.3, 0.4) is 0 Å². The van der Waals surface area contributed by atoms with E-state index in [1.54, 1.807) is 17.0 Å². The third-order valence-electron chi connectivity index (χ3n) is 8.36. The summed E-state index contributed by atoms with van der Waals surface area (Å²) >= 11 is 12.7. The van der Waals surface area contributed by atoms with E-state index < -0.39 is 0 Å². The quantitative estimate of drug-likeness (QED) is 0.321. The first-order valence-electron chi connectivity index (χ1n) is 13.6. The van der Waals surface area contributed by atoms with Crippen molar-refractivity contribution in [1.29, 1.82) is 0 Å². The number of benzene rings is 3. The molecule has 0 saturated carbocycles. The van der Waals surface area contributed by atoms with Gasteiger partial charge in [-0.15, -0.1) is 0 Å². The van der Waals surface area contributed by atoms with Gasteiger partial charge in [0.05, 0.1) is 10.0 Å². The number of nitrogens with zero attached hydrogens (tertiary/aromatic N) is 1. The van der Waals surface area contributed by atoms with Gasteiger partial charge in [0.15, 0.2) is 0 Å². The third kappa shape index (κ3) is 5.82. The Balaban J connectivity index is 1.40. The molecule has 1 spiro atoms. The Hall–Kier alpha value is -2.60. The molecule has 3 aromatic rings. The Labute approximate surface area is 240 Å². The van der Waals surface area contributed by atoms with Gasteiger partial charge in [-0.2, -0.15) is 0 Å². The molecule has 1 saturated heterocycles. The first-order valence-corrected chi connectivity index (χ1v) is 14.4. The fourth-order valence-electron chi connectivity index (χ4n) is 6.45. The number of ether oxygens (including phenoxy) is 1. The predicted octanol–water partition coefficient (Wildman–Crippen LogP) is 7.47. The zero-order valence-corrected chi connectivity index (χ0v) is 24.2. The van der Waals surface area contributed by atoms with Crippen molar-refractivity contribution >= 4 is 29.1 Å². The normalized spacial score (nSPS) is 18.5. The van der Waals surface area contributed by atoms with E-state index >= 15 is 0 Å².